The summed E-state index contributed by atoms with van der Waals surface area (Å²) in [5.74, 6) is -2.29. The molecule has 0 aliphatic heterocycles. The van der Waals surface area contributed by atoms with Crippen LogP contribution in [0.15, 0.2) is 24.6 Å². The zero-order valence-electron chi connectivity index (χ0n) is 6.28. The quantitative estimate of drug-likeness (QED) is 0.513. The van der Waals surface area contributed by atoms with Gasteiger partial charge in [0, 0.05) is 11.8 Å². The van der Waals surface area contributed by atoms with Crippen LogP contribution in [0.1, 0.15) is 6.42 Å². The van der Waals surface area contributed by atoms with Crippen molar-refractivity contribution in [2.75, 3.05) is 0 Å². The molecular weight excluding hydrogens is 162 g/mol. The second kappa shape index (κ2) is 4.95. The molecule has 0 unspecified atom stereocenters. The molecular formula is C7H9NO4. The maximum atomic E-state index is 10.2. The van der Waals surface area contributed by atoms with Crippen molar-refractivity contribution in [1.82, 2.24) is 5.32 Å². The second-order valence-electron chi connectivity index (χ2n) is 1.93. The topological polar surface area (TPSA) is 86.6 Å². The average molecular weight is 171 g/mol. The molecule has 0 bridgehead atoms. The summed E-state index contributed by atoms with van der Waals surface area (Å²) in [6.45, 7) is 3.28. The van der Waals surface area contributed by atoms with Gasteiger partial charge >= 0.3 is 11.9 Å². The third-order valence-electron chi connectivity index (χ3n) is 0.927. The summed E-state index contributed by atoms with van der Waals surface area (Å²) < 4.78 is 0. The van der Waals surface area contributed by atoms with Crippen molar-refractivity contribution in [3.05, 3.63) is 24.6 Å². The van der Waals surface area contributed by atoms with E-state index in [1.54, 1.807) is 0 Å². The highest BCUT2D eigenvalue weighted by Crippen LogP contribution is 1.96. The molecule has 0 rings (SSSR count). The van der Waals surface area contributed by atoms with Crippen LogP contribution in [0.2, 0.25) is 0 Å². The number of rotatable bonds is 5. The summed E-state index contributed by atoms with van der Waals surface area (Å²) in [7, 11) is 0. The van der Waals surface area contributed by atoms with Gasteiger partial charge in [-0.2, -0.15) is 0 Å². The van der Waals surface area contributed by atoms with Gasteiger partial charge in [0.2, 0.25) is 0 Å². The molecule has 0 heterocycles. The van der Waals surface area contributed by atoms with Crippen LogP contribution in [0.25, 0.3) is 0 Å². The van der Waals surface area contributed by atoms with E-state index in [1.165, 1.54) is 6.20 Å². The van der Waals surface area contributed by atoms with Crippen molar-refractivity contribution in [2.24, 2.45) is 0 Å². The van der Waals surface area contributed by atoms with E-state index in [1.807, 2.05) is 0 Å². The number of aliphatic carboxylic acids is 2. The summed E-state index contributed by atoms with van der Waals surface area (Å²) >= 11 is 0. The molecule has 0 aromatic rings. The Hall–Kier alpha value is -1.78. The van der Waals surface area contributed by atoms with E-state index >= 15 is 0 Å². The number of hydrogen-bond donors (Lipinski definition) is 3. The molecule has 0 aromatic heterocycles. The predicted octanol–water partition coefficient (Wildman–Crippen LogP) is 0.163. The van der Waals surface area contributed by atoms with Gasteiger partial charge < -0.3 is 15.5 Å². The van der Waals surface area contributed by atoms with Gasteiger partial charge in [0.05, 0.1) is 6.42 Å². The van der Waals surface area contributed by atoms with E-state index in [9.17, 15) is 9.59 Å². The zero-order chi connectivity index (χ0) is 9.56. The van der Waals surface area contributed by atoms with E-state index in [2.05, 4.69) is 11.9 Å². The molecule has 0 atom stereocenters. The second-order valence-corrected chi connectivity index (χ2v) is 1.93. The lowest BCUT2D eigenvalue weighted by atomic mass is 10.3. The van der Waals surface area contributed by atoms with Gasteiger partial charge in [-0.3, -0.25) is 4.79 Å². The molecule has 3 N–H and O–H groups in total. The van der Waals surface area contributed by atoms with Gasteiger partial charge in [-0.15, -0.1) is 0 Å². The van der Waals surface area contributed by atoms with Crippen molar-refractivity contribution < 1.29 is 19.8 Å². The van der Waals surface area contributed by atoms with Crippen molar-refractivity contribution in [3.63, 3.8) is 0 Å². The van der Waals surface area contributed by atoms with Crippen LogP contribution in [-0.4, -0.2) is 22.2 Å². The van der Waals surface area contributed by atoms with Gasteiger partial charge in [-0.1, -0.05) is 6.58 Å². The normalized spacial score (nSPS) is 10.5. The Morgan fingerprint density at radius 1 is 1.42 bits per heavy atom. The maximum Gasteiger partial charge on any atom is 0.330 e. The van der Waals surface area contributed by atoms with E-state index in [0.717, 1.165) is 6.08 Å². The molecule has 0 aromatic carbocycles. The molecule has 0 spiro atoms. The minimum atomic E-state index is -1.19. The lowest BCUT2D eigenvalue weighted by Gasteiger charge is -2.01. The highest BCUT2D eigenvalue weighted by molar-refractivity contribution is 5.82. The Morgan fingerprint density at radius 2 is 2.00 bits per heavy atom. The first kappa shape index (κ1) is 10.2. The lowest BCUT2D eigenvalue weighted by Crippen LogP contribution is -2.11. The molecule has 5 heteroatoms. The Morgan fingerprint density at radius 3 is 2.33 bits per heavy atom. The van der Waals surface area contributed by atoms with Crippen molar-refractivity contribution in [3.8, 4) is 0 Å². The first-order chi connectivity index (χ1) is 5.56. The highest BCUT2D eigenvalue weighted by Gasteiger charge is 2.03. The fourth-order valence-corrected chi connectivity index (χ4v) is 0.587. The Kier molecular flexibility index (Phi) is 4.21. The third kappa shape index (κ3) is 5.04. The minimum Gasteiger partial charge on any atom is -0.481 e. The molecule has 0 aliphatic rings. The van der Waals surface area contributed by atoms with Gasteiger partial charge in [0.1, 0.15) is 0 Å². The van der Waals surface area contributed by atoms with Crippen molar-refractivity contribution in [1.29, 1.82) is 0 Å². The molecule has 0 amide bonds. The van der Waals surface area contributed by atoms with Crippen LogP contribution in [0, 0.1) is 0 Å². The lowest BCUT2D eigenvalue weighted by molar-refractivity contribution is -0.136. The Balaban J connectivity index is 4.31. The summed E-state index contributed by atoms with van der Waals surface area (Å²) in [5.41, 5.74) is 0.0880. The zero-order valence-corrected chi connectivity index (χ0v) is 6.28. The van der Waals surface area contributed by atoms with E-state index in [-0.39, 0.29) is 12.1 Å². The van der Waals surface area contributed by atoms with Gasteiger partial charge in [-0.25, -0.2) is 4.79 Å². The molecule has 0 fully saturated rings. The van der Waals surface area contributed by atoms with E-state index in [4.69, 9.17) is 10.2 Å². The molecule has 0 saturated carbocycles. The molecule has 12 heavy (non-hydrogen) atoms. The standard InChI is InChI=1S/C7H9NO4/c1-2-8-5(3-6(9)10)4-7(11)12/h2-3,8H,1,4H2,(H,9,10)(H,11,12). The summed E-state index contributed by atoms with van der Waals surface area (Å²) in [6.07, 6.45) is 1.64. The van der Waals surface area contributed by atoms with Gasteiger partial charge in [-0.05, 0) is 6.20 Å². The number of carbonyl (C=O) groups is 2. The fourth-order valence-electron chi connectivity index (χ4n) is 0.587. The Bertz CT molecular complexity index is 232. The van der Waals surface area contributed by atoms with Crippen LogP contribution in [0.5, 0.6) is 0 Å². The van der Waals surface area contributed by atoms with Crippen LogP contribution < -0.4 is 5.32 Å². The molecule has 0 radical (unpaired) electrons. The largest absolute Gasteiger partial charge is 0.481 e. The van der Waals surface area contributed by atoms with Crippen LogP contribution >= 0.6 is 0 Å². The fraction of sp³-hybridized carbons (Fsp3) is 0.143. The summed E-state index contributed by atoms with van der Waals surface area (Å²) in [5, 5.41) is 19.0. The van der Waals surface area contributed by atoms with E-state index in [0.29, 0.717) is 0 Å². The minimum absolute atomic E-state index is 0.0880. The first-order valence-corrected chi connectivity index (χ1v) is 3.09. The average Bonchev–Trinajstić information content (AvgIpc) is 1.84. The molecule has 0 aliphatic carbocycles. The van der Waals surface area contributed by atoms with E-state index < -0.39 is 11.9 Å². The van der Waals surface area contributed by atoms with Gasteiger partial charge in [0.15, 0.2) is 0 Å². The molecule has 0 saturated heterocycles. The van der Waals surface area contributed by atoms with Crippen LogP contribution in [0.4, 0.5) is 0 Å². The molecule has 5 nitrogen and oxygen atoms in total. The summed E-state index contributed by atoms with van der Waals surface area (Å²) in [4.78, 5) is 20.3. The predicted molar refractivity (Wildman–Crippen MR) is 41.3 cm³/mol. The Labute approximate surface area is 69.0 Å². The van der Waals surface area contributed by atoms with Crippen LogP contribution in [-0.2, 0) is 9.59 Å². The van der Waals surface area contributed by atoms with Crippen LogP contribution in [0.3, 0.4) is 0 Å². The molecule has 66 valence electrons. The monoisotopic (exact) mass is 171 g/mol. The first-order valence-electron chi connectivity index (χ1n) is 3.09. The highest BCUT2D eigenvalue weighted by atomic mass is 16.4. The SMILES string of the molecule is C=CNC(=CC(=O)O)CC(=O)O. The number of hydrogen-bond acceptors (Lipinski definition) is 3. The number of nitrogens with one attached hydrogen (secondary N) is 1. The number of carboxylic acid groups (broad SMARTS) is 2. The van der Waals surface area contributed by atoms with Gasteiger partial charge in [0.25, 0.3) is 0 Å². The smallest absolute Gasteiger partial charge is 0.330 e. The maximum absolute atomic E-state index is 10.2. The number of carboxylic acids is 2. The van der Waals surface area contributed by atoms with Crippen molar-refractivity contribution >= 4 is 11.9 Å². The summed E-state index contributed by atoms with van der Waals surface area (Å²) in [6, 6.07) is 0. The third-order valence-corrected chi connectivity index (χ3v) is 0.927. The van der Waals surface area contributed by atoms with Crippen molar-refractivity contribution in [2.45, 2.75) is 6.42 Å².